The molecule has 0 amide bonds. The summed E-state index contributed by atoms with van der Waals surface area (Å²) in [6.45, 7) is 8.69. The minimum Gasteiger partial charge on any atom is -0.357 e. The molecule has 0 atom stereocenters. The Morgan fingerprint density at radius 2 is 1.88 bits per heavy atom. The van der Waals surface area contributed by atoms with Crippen molar-refractivity contribution in [1.82, 2.24) is 15.5 Å². The van der Waals surface area contributed by atoms with E-state index in [0.29, 0.717) is 12.6 Å². The summed E-state index contributed by atoms with van der Waals surface area (Å²) in [4.78, 5) is 6.98. The quantitative estimate of drug-likeness (QED) is 0.585. The lowest BCUT2D eigenvalue weighted by molar-refractivity contribution is 0.206. The van der Waals surface area contributed by atoms with E-state index in [2.05, 4.69) is 27.4 Å². The van der Waals surface area contributed by atoms with Crippen LogP contribution in [-0.4, -0.2) is 49.6 Å². The highest BCUT2D eigenvalue weighted by atomic mass is 19.1. The molecule has 0 spiro atoms. The summed E-state index contributed by atoms with van der Waals surface area (Å²) >= 11 is 0. The SMILES string of the molecule is CCCN1CCC(NC(=NCCc2c(F)cccc2F)NCC)CC1. The Bertz CT molecular complexity index is 534. The van der Waals surface area contributed by atoms with E-state index in [-0.39, 0.29) is 12.0 Å². The maximum atomic E-state index is 13.7. The number of nitrogens with one attached hydrogen (secondary N) is 2. The maximum absolute atomic E-state index is 13.7. The molecule has 1 heterocycles. The molecule has 1 aromatic rings. The van der Waals surface area contributed by atoms with E-state index in [1.54, 1.807) is 0 Å². The average molecular weight is 352 g/mol. The van der Waals surface area contributed by atoms with Crippen LogP contribution in [-0.2, 0) is 6.42 Å². The van der Waals surface area contributed by atoms with E-state index in [1.165, 1.54) is 24.6 Å². The summed E-state index contributed by atoms with van der Waals surface area (Å²) in [7, 11) is 0. The second-order valence-corrected chi connectivity index (χ2v) is 6.47. The molecule has 25 heavy (non-hydrogen) atoms. The number of piperidine rings is 1. The molecule has 0 radical (unpaired) electrons. The second kappa shape index (κ2) is 10.3. The first kappa shape index (κ1) is 19.6. The van der Waals surface area contributed by atoms with Crippen molar-refractivity contribution in [2.45, 2.75) is 45.6 Å². The number of nitrogens with zero attached hydrogens (tertiary/aromatic N) is 2. The van der Waals surface area contributed by atoms with Crippen molar-refractivity contribution in [3.63, 3.8) is 0 Å². The number of hydrogen-bond acceptors (Lipinski definition) is 2. The first-order valence-electron chi connectivity index (χ1n) is 9.34. The summed E-state index contributed by atoms with van der Waals surface area (Å²) in [6, 6.07) is 4.36. The molecule has 0 bridgehead atoms. The molecule has 1 aliphatic rings. The minimum absolute atomic E-state index is 0.106. The van der Waals surface area contributed by atoms with Gasteiger partial charge in [-0.2, -0.15) is 0 Å². The number of benzene rings is 1. The van der Waals surface area contributed by atoms with Crippen molar-refractivity contribution in [3.05, 3.63) is 35.4 Å². The molecule has 2 rings (SSSR count). The minimum atomic E-state index is -0.503. The largest absolute Gasteiger partial charge is 0.357 e. The van der Waals surface area contributed by atoms with E-state index in [9.17, 15) is 8.78 Å². The molecule has 1 fully saturated rings. The van der Waals surface area contributed by atoms with E-state index < -0.39 is 11.6 Å². The van der Waals surface area contributed by atoms with Crippen LogP contribution < -0.4 is 10.6 Å². The standard InChI is InChI=1S/C19H30F2N4/c1-3-12-25-13-9-15(10-14-25)24-19(22-4-2)23-11-8-16-17(20)6-5-7-18(16)21/h5-7,15H,3-4,8-14H2,1-2H3,(H2,22,23,24). The van der Waals surface area contributed by atoms with Gasteiger partial charge in [0.2, 0.25) is 0 Å². The third-order valence-electron chi connectivity index (χ3n) is 4.51. The van der Waals surface area contributed by atoms with Gasteiger partial charge in [0, 0.05) is 37.8 Å². The molecule has 0 unspecified atom stereocenters. The van der Waals surface area contributed by atoms with Gasteiger partial charge in [-0.25, -0.2) is 8.78 Å². The molecular formula is C19H30F2N4. The van der Waals surface area contributed by atoms with Crippen LogP contribution in [0.1, 0.15) is 38.7 Å². The first-order valence-corrected chi connectivity index (χ1v) is 9.34. The fraction of sp³-hybridized carbons (Fsp3) is 0.632. The number of guanidine groups is 1. The third kappa shape index (κ3) is 6.27. The van der Waals surface area contributed by atoms with Crippen LogP contribution in [0, 0.1) is 11.6 Å². The molecule has 6 heteroatoms. The van der Waals surface area contributed by atoms with Crippen LogP contribution in [0.4, 0.5) is 8.78 Å². The highest BCUT2D eigenvalue weighted by Gasteiger charge is 2.19. The Morgan fingerprint density at radius 3 is 2.48 bits per heavy atom. The molecular weight excluding hydrogens is 322 g/mol. The Kier molecular flexibility index (Phi) is 8.12. The summed E-state index contributed by atoms with van der Waals surface area (Å²) in [5.41, 5.74) is 0.106. The van der Waals surface area contributed by atoms with Crippen molar-refractivity contribution < 1.29 is 8.78 Å². The average Bonchev–Trinajstić information content (AvgIpc) is 2.59. The summed E-state index contributed by atoms with van der Waals surface area (Å²) in [5, 5.41) is 6.68. The van der Waals surface area contributed by atoms with Gasteiger partial charge in [-0.05, 0) is 51.3 Å². The zero-order chi connectivity index (χ0) is 18.1. The lowest BCUT2D eigenvalue weighted by atomic mass is 10.1. The molecule has 0 aromatic heterocycles. The highest BCUT2D eigenvalue weighted by Crippen LogP contribution is 2.13. The van der Waals surface area contributed by atoms with Gasteiger partial charge in [-0.3, -0.25) is 4.99 Å². The van der Waals surface area contributed by atoms with Gasteiger partial charge in [0.25, 0.3) is 0 Å². The van der Waals surface area contributed by atoms with Gasteiger partial charge < -0.3 is 15.5 Å². The lowest BCUT2D eigenvalue weighted by Gasteiger charge is -2.32. The second-order valence-electron chi connectivity index (χ2n) is 6.47. The Balaban J connectivity index is 1.86. The van der Waals surface area contributed by atoms with Crippen molar-refractivity contribution in [1.29, 1.82) is 0 Å². The Morgan fingerprint density at radius 1 is 1.20 bits per heavy atom. The fourth-order valence-electron chi connectivity index (χ4n) is 3.18. The van der Waals surface area contributed by atoms with Crippen molar-refractivity contribution in [3.8, 4) is 0 Å². The topological polar surface area (TPSA) is 39.7 Å². The van der Waals surface area contributed by atoms with Crippen molar-refractivity contribution in [2.75, 3.05) is 32.7 Å². The van der Waals surface area contributed by atoms with Gasteiger partial charge in [0.05, 0.1) is 0 Å². The van der Waals surface area contributed by atoms with Gasteiger partial charge in [0.1, 0.15) is 11.6 Å². The van der Waals surface area contributed by atoms with E-state index in [1.807, 2.05) is 6.92 Å². The van der Waals surface area contributed by atoms with Crippen LogP contribution in [0.3, 0.4) is 0 Å². The third-order valence-corrected chi connectivity index (χ3v) is 4.51. The van der Waals surface area contributed by atoms with Gasteiger partial charge in [-0.1, -0.05) is 13.0 Å². The molecule has 140 valence electrons. The monoisotopic (exact) mass is 352 g/mol. The number of likely N-dealkylation sites (tertiary alicyclic amines) is 1. The Labute approximate surface area is 149 Å². The number of halogens is 2. The molecule has 2 N–H and O–H groups in total. The van der Waals surface area contributed by atoms with Crippen molar-refractivity contribution in [2.24, 2.45) is 4.99 Å². The first-order chi connectivity index (χ1) is 12.1. The van der Waals surface area contributed by atoms with E-state index in [0.717, 1.165) is 45.0 Å². The van der Waals surface area contributed by atoms with Crippen LogP contribution in [0.15, 0.2) is 23.2 Å². The fourth-order valence-corrected chi connectivity index (χ4v) is 3.18. The summed E-state index contributed by atoms with van der Waals surface area (Å²) in [5.74, 6) is -0.277. The predicted octanol–water partition coefficient (Wildman–Crippen LogP) is 2.94. The molecule has 0 aliphatic carbocycles. The number of rotatable bonds is 7. The zero-order valence-electron chi connectivity index (χ0n) is 15.3. The summed E-state index contributed by atoms with van der Waals surface area (Å²) in [6.07, 6.45) is 3.62. The lowest BCUT2D eigenvalue weighted by Crippen LogP contribution is -2.48. The predicted molar refractivity (Wildman–Crippen MR) is 98.9 cm³/mol. The molecule has 0 saturated carbocycles. The van der Waals surface area contributed by atoms with Gasteiger partial charge in [0.15, 0.2) is 5.96 Å². The molecule has 1 saturated heterocycles. The molecule has 1 aromatic carbocycles. The molecule has 4 nitrogen and oxygen atoms in total. The van der Waals surface area contributed by atoms with Gasteiger partial charge >= 0.3 is 0 Å². The number of hydrogen-bond donors (Lipinski definition) is 2. The van der Waals surface area contributed by atoms with Crippen LogP contribution in [0.25, 0.3) is 0 Å². The normalized spacial score (nSPS) is 16.9. The van der Waals surface area contributed by atoms with Gasteiger partial charge in [-0.15, -0.1) is 0 Å². The Hall–Kier alpha value is -1.69. The van der Waals surface area contributed by atoms with Crippen LogP contribution >= 0.6 is 0 Å². The summed E-state index contributed by atoms with van der Waals surface area (Å²) < 4.78 is 27.3. The smallest absolute Gasteiger partial charge is 0.191 e. The molecule has 1 aliphatic heterocycles. The number of aliphatic imine (C=N–C) groups is 1. The maximum Gasteiger partial charge on any atom is 0.191 e. The van der Waals surface area contributed by atoms with Crippen molar-refractivity contribution >= 4 is 5.96 Å². The zero-order valence-corrected chi connectivity index (χ0v) is 15.3. The van der Waals surface area contributed by atoms with Crippen LogP contribution in [0.5, 0.6) is 0 Å². The van der Waals surface area contributed by atoms with E-state index in [4.69, 9.17) is 0 Å². The van der Waals surface area contributed by atoms with Crippen LogP contribution in [0.2, 0.25) is 0 Å². The highest BCUT2D eigenvalue weighted by molar-refractivity contribution is 5.80. The van der Waals surface area contributed by atoms with E-state index >= 15 is 0 Å².